The Kier molecular flexibility index (Phi) is 8.05. The van der Waals surface area contributed by atoms with Crippen molar-refractivity contribution in [3.8, 4) is 0 Å². The number of halogens is 1. The van der Waals surface area contributed by atoms with E-state index in [1.54, 1.807) is 12.1 Å². The molecule has 1 saturated heterocycles. The highest BCUT2D eigenvalue weighted by Gasteiger charge is 2.26. The molecule has 1 aliphatic rings. The third kappa shape index (κ3) is 6.16. The summed E-state index contributed by atoms with van der Waals surface area (Å²) in [6, 6.07) is 15.7. The van der Waals surface area contributed by atoms with Crippen molar-refractivity contribution in [3.63, 3.8) is 0 Å². The molecule has 3 rings (SSSR count). The molecule has 2 aromatic carbocycles. The summed E-state index contributed by atoms with van der Waals surface area (Å²) in [6.45, 7) is 6.68. The Hall–Kier alpha value is -2.18. The van der Waals surface area contributed by atoms with E-state index in [1.807, 2.05) is 32.0 Å². The minimum absolute atomic E-state index is 0.000829. The number of nitrogens with one attached hydrogen (secondary N) is 2. The second kappa shape index (κ2) is 10.7. The van der Waals surface area contributed by atoms with Gasteiger partial charge in [-0.15, -0.1) is 0 Å². The minimum Gasteiger partial charge on any atom is -0.350 e. The summed E-state index contributed by atoms with van der Waals surface area (Å²) >= 11 is 3.52. The smallest absolute Gasteiger partial charge is 0.253 e. The maximum atomic E-state index is 12.9. The first-order valence-corrected chi connectivity index (χ1v) is 11.4. The first kappa shape index (κ1) is 22.5. The Balaban J connectivity index is 1.55. The van der Waals surface area contributed by atoms with Gasteiger partial charge in [0.05, 0.1) is 11.3 Å². The molecule has 1 fully saturated rings. The van der Waals surface area contributed by atoms with Crippen LogP contribution in [-0.2, 0) is 11.3 Å². The van der Waals surface area contributed by atoms with Crippen molar-refractivity contribution in [3.05, 3.63) is 64.1 Å². The number of rotatable bonds is 7. The van der Waals surface area contributed by atoms with E-state index in [0.29, 0.717) is 11.3 Å². The molecule has 1 atom stereocenters. The second-order valence-electron chi connectivity index (χ2n) is 8.00. The van der Waals surface area contributed by atoms with Crippen LogP contribution in [0, 0.1) is 5.92 Å². The molecule has 0 aliphatic carbocycles. The Morgan fingerprint density at radius 2 is 1.87 bits per heavy atom. The Bertz CT molecular complexity index is 878. The van der Waals surface area contributed by atoms with Crippen LogP contribution < -0.4 is 10.6 Å². The topological polar surface area (TPSA) is 61.4 Å². The van der Waals surface area contributed by atoms with Gasteiger partial charge in [0.1, 0.15) is 0 Å². The van der Waals surface area contributed by atoms with Gasteiger partial charge in [0.15, 0.2) is 0 Å². The number of nitrogens with zero attached hydrogens (tertiary/aromatic N) is 1. The van der Waals surface area contributed by atoms with Gasteiger partial charge in [0, 0.05) is 23.0 Å². The van der Waals surface area contributed by atoms with Crippen molar-refractivity contribution < 1.29 is 9.59 Å². The molecule has 0 saturated carbocycles. The van der Waals surface area contributed by atoms with Crippen LogP contribution in [0.5, 0.6) is 0 Å². The number of hydrogen-bond donors (Lipinski definition) is 2. The zero-order chi connectivity index (χ0) is 21.5. The third-order valence-electron chi connectivity index (χ3n) is 5.67. The molecule has 30 heavy (non-hydrogen) atoms. The summed E-state index contributed by atoms with van der Waals surface area (Å²) in [4.78, 5) is 27.8. The molecule has 1 heterocycles. The number of piperidine rings is 1. The maximum Gasteiger partial charge on any atom is 0.253 e. The molecule has 1 aliphatic heterocycles. The highest BCUT2D eigenvalue weighted by atomic mass is 79.9. The molecule has 2 aromatic rings. The lowest BCUT2D eigenvalue weighted by molar-refractivity contribution is -0.121. The number of carbonyl (C=O) groups is 2. The van der Waals surface area contributed by atoms with Gasteiger partial charge in [-0.25, -0.2) is 0 Å². The van der Waals surface area contributed by atoms with Crippen LogP contribution in [0.1, 0.15) is 49.0 Å². The number of para-hydroxylation sites is 1. The van der Waals surface area contributed by atoms with Gasteiger partial charge >= 0.3 is 0 Å². The highest BCUT2D eigenvalue weighted by Crippen LogP contribution is 2.23. The number of carbonyl (C=O) groups excluding carboxylic acids is 2. The maximum absolute atomic E-state index is 12.9. The molecule has 160 valence electrons. The number of benzene rings is 2. The monoisotopic (exact) mass is 471 g/mol. The van der Waals surface area contributed by atoms with Gasteiger partial charge in [-0.2, -0.15) is 0 Å². The van der Waals surface area contributed by atoms with Crippen molar-refractivity contribution in [1.82, 2.24) is 10.2 Å². The van der Waals surface area contributed by atoms with E-state index in [-0.39, 0.29) is 23.8 Å². The molecular weight excluding hydrogens is 442 g/mol. The van der Waals surface area contributed by atoms with Gasteiger partial charge in [-0.1, -0.05) is 47.1 Å². The molecule has 0 aromatic heterocycles. The van der Waals surface area contributed by atoms with Gasteiger partial charge in [-0.3, -0.25) is 14.5 Å². The largest absolute Gasteiger partial charge is 0.350 e. The molecule has 0 bridgehead atoms. The van der Waals surface area contributed by atoms with E-state index < -0.39 is 0 Å². The minimum atomic E-state index is -0.149. The summed E-state index contributed by atoms with van der Waals surface area (Å²) in [6.07, 6.45) is 2.50. The fourth-order valence-corrected chi connectivity index (χ4v) is 4.12. The first-order valence-electron chi connectivity index (χ1n) is 10.6. The summed E-state index contributed by atoms with van der Waals surface area (Å²) in [5.74, 6) is -0.181. The average Bonchev–Trinajstić information content (AvgIpc) is 2.74. The Morgan fingerprint density at radius 1 is 1.13 bits per heavy atom. The molecule has 1 unspecified atom stereocenters. The predicted molar refractivity (Wildman–Crippen MR) is 124 cm³/mol. The second-order valence-corrected chi connectivity index (χ2v) is 8.91. The summed E-state index contributed by atoms with van der Waals surface area (Å²) in [5, 5.41) is 5.97. The predicted octanol–water partition coefficient (Wildman–Crippen LogP) is 4.83. The Morgan fingerprint density at radius 3 is 2.57 bits per heavy atom. The van der Waals surface area contributed by atoms with Crippen molar-refractivity contribution in [2.75, 3.05) is 18.4 Å². The SMILES string of the molecule is CCC(C)NC(=O)c1ccccc1NC(=O)C1CCN(Cc2cccc(Br)c2)CC1. The number of amides is 2. The lowest BCUT2D eigenvalue weighted by atomic mass is 9.95. The molecule has 6 heteroatoms. The fraction of sp³-hybridized carbons (Fsp3) is 0.417. The fourth-order valence-electron chi connectivity index (χ4n) is 3.68. The zero-order valence-electron chi connectivity index (χ0n) is 17.7. The van der Waals surface area contributed by atoms with Crippen LogP contribution >= 0.6 is 15.9 Å². The Labute approximate surface area is 187 Å². The van der Waals surface area contributed by atoms with Crippen LogP contribution in [0.15, 0.2) is 53.0 Å². The van der Waals surface area contributed by atoms with Crippen LogP contribution in [0.2, 0.25) is 0 Å². The van der Waals surface area contributed by atoms with E-state index in [4.69, 9.17) is 0 Å². The molecular formula is C24H30BrN3O2. The number of anilines is 1. The van der Waals surface area contributed by atoms with E-state index >= 15 is 0 Å². The molecule has 0 radical (unpaired) electrons. The summed E-state index contributed by atoms with van der Waals surface area (Å²) < 4.78 is 1.09. The molecule has 5 nitrogen and oxygen atoms in total. The van der Waals surface area contributed by atoms with Gasteiger partial charge < -0.3 is 10.6 Å². The quantitative estimate of drug-likeness (QED) is 0.607. The average molecular weight is 472 g/mol. The molecule has 2 amide bonds. The van der Waals surface area contributed by atoms with Crippen LogP contribution in [0.25, 0.3) is 0 Å². The summed E-state index contributed by atoms with van der Waals surface area (Å²) in [7, 11) is 0. The van der Waals surface area contributed by atoms with Crippen LogP contribution in [-0.4, -0.2) is 35.8 Å². The van der Waals surface area contributed by atoms with Crippen molar-refractivity contribution in [2.45, 2.75) is 45.7 Å². The highest BCUT2D eigenvalue weighted by molar-refractivity contribution is 9.10. The number of hydrogen-bond acceptors (Lipinski definition) is 3. The normalized spacial score (nSPS) is 16.1. The number of likely N-dealkylation sites (tertiary alicyclic amines) is 1. The van der Waals surface area contributed by atoms with E-state index in [2.05, 4.69) is 49.7 Å². The van der Waals surface area contributed by atoms with Crippen LogP contribution in [0.4, 0.5) is 5.69 Å². The van der Waals surface area contributed by atoms with Gasteiger partial charge in [-0.05, 0) is 69.1 Å². The van der Waals surface area contributed by atoms with E-state index in [0.717, 1.165) is 43.4 Å². The molecule has 2 N–H and O–H groups in total. The van der Waals surface area contributed by atoms with Crippen molar-refractivity contribution in [1.29, 1.82) is 0 Å². The summed E-state index contributed by atoms with van der Waals surface area (Å²) in [5.41, 5.74) is 2.37. The molecule has 0 spiro atoms. The van der Waals surface area contributed by atoms with Gasteiger partial charge in [0.2, 0.25) is 5.91 Å². The van der Waals surface area contributed by atoms with Crippen molar-refractivity contribution in [2.24, 2.45) is 5.92 Å². The lowest BCUT2D eigenvalue weighted by Crippen LogP contribution is -2.38. The van der Waals surface area contributed by atoms with Crippen molar-refractivity contribution >= 4 is 33.4 Å². The standard InChI is InChI=1S/C24H30BrN3O2/c1-3-17(2)26-24(30)21-9-4-5-10-22(21)27-23(29)19-11-13-28(14-12-19)16-18-7-6-8-20(25)15-18/h4-10,15,17,19H,3,11-14,16H2,1-2H3,(H,26,30)(H,27,29). The zero-order valence-corrected chi connectivity index (χ0v) is 19.2. The first-order chi connectivity index (χ1) is 14.5. The van der Waals surface area contributed by atoms with E-state index in [9.17, 15) is 9.59 Å². The van der Waals surface area contributed by atoms with Gasteiger partial charge in [0.25, 0.3) is 5.91 Å². The van der Waals surface area contributed by atoms with E-state index in [1.165, 1.54) is 5.56 Å². The van der Waals surface area contributed by atoms with Crippen LogP contribution in [0.3, 0.4) is 0 Å². The lowest BCUT2D eigenvalue weighted by Gasteiger charge is -2.31. The third-order valence-corrected chi connectivity index (χ3v) is 6.17.